The van der Waals surface area contributed by atoms with Gasteiger partial charge in [-0.2, -0.15) is 0 Å². The van der Waals surface area contributed by atoms with Crippen LogP contribution >= 0.6 is 0 Å². The van der Waals surface area contributed by atoms with Gasteiger partial charge in [-0.3, -0.25) is 0 Å². The van der Waals surface area contributed by atoms with Crippen LogP contribution in [0.5, 0.6) is 5.75 Å². The molecular formula is C18H23NO2. The van der Waals surface area contributed by atoms with Gasteiger partial charge >= 0.3 is 0 Å². The van der Waals surface area contributed by atoms with E-state index in [1.54, 1.807) is 0 Å². The van der Waals surface area contributed by atoms with Gasteiger partial charge in [0.2, 0.25) is 0 Å². The van der Waals surface area contributed by atoms with Crippen LogP contribution in [0.3, 0.4) is 0 Å². The van der Waals surface area contributed by atoms with E-state index in [2.05, 4.69) is 12.2 Å². The monoisotopic (exact) mass is 285 g/mol. The lowest BCUT2D eigenvalue weighted by atomic mass is 10.1. The summed E-state index contributed by atoms with van der Waals surface area (Å²) in [4.78, 5) is 0. The summed E-state index contributed by atoms with van der Waals surface area (Å²) in [7, 11) is 0. The number of aliphatic hydroxyl groups is 1. The molecule has 0 saturated heterocycles. The Morgan fingerprint density at radius 2 is 1.76 bits per heavy atom. The Kier molecular flexibility index (Phi) is 6.25. The molecule has 0 amide bonds. The molecule has 0 radical (unpaired) electrons. The third kappa shape index (κ3) is 4.88. The fraction of sp³-hybridized carbons (Fsp3) is 0.333. The standard InChI is InChI=1S/C18H23NO2/c1-2-12-19-18(13-20)16-8-10-17(11-9-16)21-14-15-6-4-3-5-7-15/h3-11,18-20H,2,12-14H2,1H3. The third-order valence-electron chi connectivity index (χ3n) is 3.35. The van der Waals surface area contributed by atoms with Crippen molar-refractivity contribution in [1.82, 2.24) is 5.32 Å². The number of hydrogen-bond donors (Lipinski definition) is 2. The summed E-state index contributed by atoms with van der Waals surface area (Å²) < 4.78 is 5.76. The summed E-state index contributed by atoms with van der Waals surface area (Å²) >= 11 is 0. The van der Waals surface area contributed by atoms with E-state index < -0.39 is 0 Å². The summed E-state index contributed by atoms with van der Waals surface area (Å²) in [6.45, 7) is 3.68. The molecule has 112 valence electrons. The van der Waals surface area contributed by atoms with Crippen LogP contribution in [-0.2, 0) is 6.61 Å². The van der Waals surface area contributed by atoms with Crippen molar-refractivity contribution in [1.29, 1.82) is 0 Å². The van der Waals surface area contributed by atoms with E-state index in [0.29, 0.717) is 6.61 Å². The minimum Gasteiger partial charge on any atom is -0.489 e. The average Bonchev–Trinajstić information content (AvgIpc) is 2.56. The molecule has 0 aliphatic carbocycles. The first-order chi connectivity index (χ1) is 10.3. The number of rotatable bonds is 8. The minimum atomic E-state index is -0.00637. The van der Waals surface area contributed by atoms with Gasteiger partial charge in [0, 0.05) is 0 Å². The highest BCUT2D eigenvalue weighted by molar-refractivity contribution is 5.29. The summed E-state index contributed by atoms with van der Waals surface area (Å²) in [5.41, 5.74) is 2.23. The van der Waals surface area contributed by atoms with Crippen LogP contribution in [0.25, 0.3) is 0 Å². The molecule has 0 aliphatic rings. The zero-order valence-corrected chi connectivity index (χ0v) is 12.5. The molecule has 3 nitrogen and oxygen atoms in total. The van der Waals surface area contributed by atoms with E-state index in [9.17, 15) is 5.11 Å². The molecule has 0 aliphatic heterocycles. The first kappa shape index (κ1) is 15.5. The topological polar surface area (TPSA) is 41.5 Å². The zero-order valence-electron chi connectivity index (χ0n) is 12.5. The number of hydrogen-bond acceptors (Lipinski definition) is 3. The lowest BCUT2D eigenvalue weighted by Crippen LogP contribution is -2.24. The highest BCUT2D eigenvalue weighted by Gasteiger charge is 2.08. The smallest absolute Gasteiger partial charge is 0.119 e. The van der Waals surface area contributed by atoms with Crippen molar-refractivity contribution in [3.05, 3.63) is 65.7 Å². The highest BCUT2D eigenvalue weighted by Crippen LogP contribution is 2.18. The second kappa shape index (κ2) is 8.45. The quantitative estimate of drug-likeness (QED) is 0.782. The van der Waals surface area contributed by atoms with E-state index >= 15 is 0 Å². The normalized spacial score (nSPS) is 12.1. The second-order valence-electron chi connectivity index (χ2n) is 5.03. The van der Waals surface area contributed by atoms with Gasteiger partial charge < -0.3 is 15.2 Å². The Morgan fingerprint density at radius 3 is 2.38 bits per heavy atom. The first-order valence-corrected chi connectivity index (χ1v) is 7.44. The zero-order chi connectivity index (χ0) is 14.9. The van der Waals surface area contributed by atoms with Crippen molar-refractivity contribution >= 4 is 0 Å². The molecule has 1 unspecified atom stereocenters. The van der Waals surface area contributed by atoms with Gasteiger partial charge in [0.1, 0.15) is 12.4 Å². The molecule has 2 rings (SSSR count). The molecule has 2 aromatic carbocycles. The van der Waals surface area contributed by atoms with Crippen molar-refractivity contribution in [2.45, 2.75) is 26.0 Å². The Morgan fingerprint density at radius 1 is 1.05 bits per heavy atom. The SMILES string of the molecule is CCCNC(CO)c1ccc(OCc2ccccc2)cc1. The highest BCUT2D eigenvalue weighted by atomic mass is 16.5. The number of benzene rings is 2. The van der Waals surface area contributed by atoms with Gasteiger partial charge in [-0.05, 0) is 36.2 Å². The molecule has 21 heavy (non-hydrogen) atoms. The number of aliphatic hydroxyl groups excluding tert-OH is 1. The van der Waals surface area contributed by atoms with E-state index in [0.717, 1.165) is 29.8 Å². The predicted octanol–water partition coefficient (Wildman–Crippen LogP) is 3.30. The van der Waals surface area contributed by atoms with Crippen molar-refractivity contribution in [2.24, 2.45) is 0 Å². The lowest BCUT2D eigenvalue weighted by Gasteiger charge is -2.16. The van der Waals surface area contributed by atoms with Crippen LogP contribution in [0, 0.1) is 0 Å². The molecular weight excluding hydrogens is 262 g/mol. The largest absolute Gasteiger partial charge is 0.489 e. The van der Waals surface area contributed by atoms with E-state index in [-0.39, 0.29) is 12.6 Å². The van der Waals surface area contributed by atoms with Crippen LogP contribution in [0.1, 0.15) is 30.5 Å². The summed E-state index contributed by atoms with van der Waals surface area (Å²) in [5, 5.41) is 12.8. The molecule has 0 aromatic heterocycles. The number of ether oxygens (including phenoxy) is 1. The molecule has 0 bridgehead atoms. The summed E-state index contributed by atoms with van der Waals surface area (Å²) in [6.07, 6.45) is 1.05. The van der Waals surface area contributed by atoms with Crippen molar-refractivity contribution in [3.63, 3.8) is 0 Å². The summed E-state index contributed by atoms with van der Waals surface area (Å²) in [6, 6.07) is 18.0. The van der Waals surface area contributed by atoms with E-state index in [1.165, 1.54) is 0 Å². The third-order valence-corrected chi connectivity index (χ3v) is 3.35. The fourth-order valence-electron chi connectivity index (χ4n) is 2.14. The Labute approximate surface area is 126 Å². The molecule has 0 fully saturated rings. The van der Waals surface area contributed by atoms with Crippen LogP contribution in [0.2, 0.25) is 0 Å². The van der Waals surface area contributed by atoms with Crippen molar-refractivity contribution in [2.75, 3.05) is 13.2 Å². The maximum atomic E-state index is 9.43. The van der Waals surface area contributed by atoms with E-state index in [4.69, 9.17) is 4.74 Å². The molecule has 1 atom stereocenters. The maximum Gasteiger partial charge on any atom is 0.119 e. The fourth-order valence-corrected chi connectivity index (χ4v) is 2.14. The minimum absolute atomic E-state index is 0.00637. The van der Waals surface area contributed by atoms with Crippen LogP contribution < -0.4 is 10.1 Å². The van der Waals surface area contributed by atoms with Gasteiger partial charge in [-0.15, -0.1) is 0 Å². The summed E-state index contributed by atoms with van der Waals surface area (Å²) in [5.74, 6) is 0.842. The average molecular weight is 285 g/mol. The van der Waals surface area contributed by atoms with Crippen LogP contribution in [-0.4, -0.2) is 18.3 Å². The molecule has 0 saturated carbocycles. The molecule has 2 N–H and O–H groups in total. The van der Waals surface area contributed by atoms with Gasteiger partial charge in [0.15, 0.2) is 0 Å². The first-order valence-electron chi connectivity index (χ1n) is 7.44. The molecule has 3 heteroatoms. The predicted molar refractivity (Wildman–Crippen MR) is 85.3 cm³/mol. The second-order valence-corrected chi connectivity index (χ2v) is 5.03. The Hall–Kier alpha value is -1.84. The van der Waals surface area contributed by atoms with Gasteiger partial charge in [0.25, 0.3) is 0 Å². The van der Waals surface area contributed by atoms with E-state index in [1.807, 2.05) is 54.6 Å². The van der Waals surface area contributed by atoms with Gasteiger partial charge in [-0.1, -0.05) is 49.4 Å². The van der Waals surface area contributed by atoms with Crippen LogP contribution in [0.4, 0.5) is 0 Å². The van der Waals surface area contributed by atoms with Crippen molar-refractivity contribution < 1.29 is 9.84 Å². The Bertz CT molecular complexity index is 511. The number of nitrogens with one attached hydrogen (secondary N) is 1. The van der Waals surface area contributed by atoms with Gasteiger partial charge in [-0.25, -0.2) is 0 Å². The Balaban J connectivity index is 1.92. The molecule has 0 spiro atoms. The maximum absolute atomic E-state index is 9.43. The molecule has 2 aromatic rings. The lowest BCUT2D eigenvalue weighted by molar-refractivity contribution is 0.244. The van der Waals surface area contributed by atoms with Gasteiger partial charge in [0.05, 0.1) is 12.6 Å². The van der Waals surface area contributed by atoms with Crippen molar-refractivity contribution in [3.8, 4) is 5.75 Å². The molecule has 0 heterocycles. The van der Waals surface area contributed by atoms with Crippen LogP contribution in [0.15, 0.2) is 54.6 Å².